The van der Waals surface area contributed by atoms with Crippen LogP contribution in [0.4, 0.5) is 0 Å². The Morgan fingerprint density at radius 2 is 1.13 bits per heavy atom. The van der Waals surface area contributed by atoms with Crippen LogP contribution in [0, 0.1) is 0 Å². The van der Waals surface area contributed by atoms with E-state index in [2.05, 4.69) is 54.8 Å². The maximum Gasteiger partial charge on any atom is 0.472 e. The van der Waals surface area contributed by atoms with Crippen LogP contribution in [0.3, 0.4) is 0 Å². The second-order valence-electron chi connectivity index (χ2n) is 11.7. The van der Waals surface area contributed by atoms with E-state index in [1.807, 2.05) is 0 Å². The van der Waals surface area contributed by atoms with Crippen molar-refractivity contribution in [2.45, 2.75) is 148 Å². The lowest BCUT2D eigenvalue weighted by Gasteiger charge is -2.20. The number of aliphatic carboxylic acids is 1. The average Bonchev–Trinajstić information content (AvgIpc) is 3.04. The molecule has 0 saturated heterocycles. The van der Waals surface area contributed by atoms with Crippen LogP contribution in [0.1, 0.15) is 136 Å². The zero-order chi connectivity index (χ0) is 35.0. The molecule has 0 aromatic heterocycles. The largest absolute Gasteiger partial charge is 0.480 e. The number of carbonyl (C=O) groups excluding carboxylic acids is 2. The van der Waals surface area contributed by atoms with Gasteiger partial charge >= 0.3 is 25.7 Å². The third-order valence-corrected chi connectivity index (χ3v) is 8.09. The first kappa shape index (κ1) is 44.7. The molecule has 4 N–H and O–H groups in total. The van der Waals surface area contributed by atoms with Crippen LogP contribution in [-0.2, 0) is 37.5 Å². The summed E-state index contributed by atoms with van der Waals surface area (Å²) in [5, 5.41) is 8.83. The minimum atomic E-state index is -4.71. The van der Waals surface area contributed by atoms with Gasteiger partial charge in [-0.15, -0.1) is 0 Å². The second-order valence-corrected chi connectivity index (χ2v) is 13.1. The SMILES string of the molecule is CCCCC/C=C/C/C=C/C/C=C/CCCCC(=O)O[C@@H](COC(=O)CCCCCCCCCC)COP(=O)(O)OC[C@H](N)C(=O)O. The minimum Gasteiger partial charge on any atom is -0.480 e. The molecule has 272 valence electrons. The van der Waals surface area contributed by atoms with E-state index in [1.54, 1.807) is 0 Å². The highest BCUT2D eigenvalue weighted by atomic mass is 31.2. The number of allylic oxidation sites excluding steroid dienone is 6. The van der Waals surface area contributed by atoms with Gasteiger partial charge in [-0.25, -0.2) is 4.57 Å². The van der Waals surface area contributed by atoms with Gasteiger partial charge in [0, 0.05) is 12.8 Å². The van der Waals surface area contributed by atoms with Gasteiger partial charge in [0.05, 0.1) is 13.2 Å². The lowest BCUT2D eigenvalue weighted by molar-refractivity contribution is -0.161. The summed E-state index contributed by atoms with van der Waals surface area (Å²) < 4.78 is 32.4. The number of esters is 2. The second kappa shape index (κ2) is 31.0. The van der Waals surface area contributed by atoms with Gasteiger partial charge in [0.2, 0.25) is 0 Å². The number of unbranched alkanes of at least 4 members (excludes halogenated alkanes) is 12. The zero-order valence-electron chi connectivity index (χ0n) is 28.9. The molecule has 0 aliphatic rings. The van der Waals surface area contributed by atoms with Crippen molar-refractivity contribution in [3.63, 3.8) is 0 Å². The normalized spacial score (nSPS) is 14.5. The summed E-state index contributed by atoms with van der Waals surface area (Å²) in [6.07, 6.45) is 29.5. The first-order chi connectivity index (χ1) is 22.6. The lowest BCUT2D eigenvalue weighted by Crippen LogP contribution is -2.34. The highest BCUT2D eigenvalue weighted by molar-refractivity contribution is 7.47. The van der Waals surface area contributed by atoms with Crippen LogP contribution >= 0.6 is 7.82 Å². The van der Waals surface area contributed by atoms with E-state index < -0.39 is 51.1 Å². The topological polar surface area (TPSA) is 172 Å². The molecule has 0 bridgehead atoms. The van der Waals surface area contributed by atoms with Gasteiger partial charge in [-0.05, 0) is 51.4 Å². The van der Waals surface area contributed by atoms with E-state index in [1.165, 1.54) is 44.9 Å². The molecule has 0 rings (SSSR count). The first-order valence-corrected chi connectivity index (χ1v) is 19.0. The van der Waals surface area contributed by atoms with Crippen LogP contribution in [0.5, 0.6) is 0 Å². The number of phosphoric acid groups is 1. The summed E-state index contributed by atoms with van der Waals surface area (Å²) in [5.41, 5.74) is 5.29. The molecule has 1 unspecified atom stereocenters. The van der Waals surface area contributed by atoms with Crippen molar-refractivity contribution in [1.82, 2.24) is 0 Å². The Kier molecular flexibility index (Phi) is 29.5. The number of ether oxygens (including phenoxy) is 2. The zero-order valence-corrected chi connectivity index (χ0v) is 29.8. The Balaban J connectivity index is 4.56. The van der Waals surface area contributed by atoms with Crippen LogP contribution in [0.25, 0.3) is 0 Å². The summed E-state index contributed by atoms with van der Waals surface area (Å²) >= 11 is 0. The quantitative estimate of drug-likeness (QED) is 0.0270. The monoisotopic (exact) mass is 687 g/mol. The number of carboxylic acids is 1. The summed E-state index contributed by atoms with van der Waals surface area (Å²) in [6.45, 7) is 2.66. The van der Waals surface area contributed by atoms with Crippen molar-refractivity contribution in [1.29, 1.82) is 0 Å². The summed E-state index contributed by atoms with van der Waals surface area (Å²) in [5.74, 6) is -2.44. The third kappa shape index (κ3) is 30.8. The Hall–Kier alpha value is -2.30. The maximum absolute atomic E-state index is 12.5. The van der Waals surface area contributed by atoms with Gasteiger partial charge in [0.25, 0.3) is 0 Å². The molecule has 0 fully saturated rings. The molecule has 0 aromatic rings. The number of carbonyl (C=O) groups is 3. The molecule has 0 heterocycles. The number of carboxylic acid groups (broad SMARTS) is 1. The highest BCUT2D eigenvalue weighted by Gasteiger charge is 2.28. The molecule has 0 spiro atoms. The number of nitrogens with two attached hydrogens (primary N) is 1. The van der Waals surface area contributed by atoms with Crippen molar-refractivity contribution in [3.8, 4) is 0 Å². The van der Waals surface area contributed by atoms with E-state index in [0.29, 0.717) is 12.8 Å². The van der Waals surface area contributed by atoms with Gasteiger partial charge in [0.15, 0.2) is 6.10 Å². The molecule has 0 radical (unpaired) electrons. The lowest BCUT2D eigenvalue weighted by atomic mass is 10.1. The first-order valence-electron chi connectivity index (χ1n) is 17.5. The average molecular weight is 688 g/mol. The van der Waals surface area contributed by atoms with Crippen LogP contribution < -0.4 is 5.73 Å². The van der Waals surface area contributed by atoms with Gasteiger partial charge in [-0.2, -0.15) is 0 Å². The van der Waals surface area contributed by atoms with Crippen molar-refractivity contribution >= 4 is 25.7 Å². The van der Waals surface area contributed by atoms with E-state index >= 15 is 0 Å². The van der Waals surface area contributed by atoms with E-state index in [9.17, 15) is 23.8 Å². The third-order valence-electron chi connectivity index (χ3n) is 7.14. The number of phosphoric ester groups is 1. The predicted octanol–water partition coefficient (Wildman–Crippen LogP) is 8.11. The molecule has 47 heavy (non-hydrogen) atoms. The summed E-state index contributed by atoms with van der Waals surface area (Å²) in [7, 11) is -4.71. The fourth-order valence-corrected chi connectivity index (χ4v) is 5.08. The van der Waals surface area contributed by atoms with Crippen LogP contribution in [0.2, 0.25) is 0 Å². The Labute approximate surface area is 282 Å². The predicted molar refractivity (Wildman–Crippen MR) is 185 cm³/mol. The van der Waals surface area contributed by atoms with Gasteiger partial charge in [-0.3, -0.25) is 23.4 Å². The molecule has 0 amide bonds. The highest BCUT2D eigenvalue weighted by Crippen LogP contribution is 2.43. The number of hydrogen-bond donors (Lipinski definition) is 3. The van der Waals surface area contributed by atoms with Crippen molar-refractivity contribution in [2.24, 2.45) is 5.73 Å². The van der Waals surface area contributed by atoms with Gasteiger partial charge < -0.3 is 25.2 Å². The molecule has 3 atom stereocenters. The van der Waals surface area contributed by atoms with Crippen molar-refractivity contribution in [2.75, 3.05) is 19.8 Å². The van der Waals surface area contributed by atoms with Gasteiger partial charge in [0.1, 0.15) is 12.6 Å². The Morgan fingerprint density at radius 1 is 0.660 bits per heavy atom. The van der Waals surface area contributed by atoms with Gasteiger partial charge in [-0.1, -0.05) is 108 Å². The molecule has 0 saturated carbocycles. The molecule has 0 aliphatic heterocycles. The summed E-state index contributed by atoms with van der Waals surface area (Å²) in [4.78, 5) is 45.5. The Bertz CT molecular complexity index is 953. The van der Waals surface area contributed by atoms with E-state index in [4.69, 9.17) is 24.8 Å². The molecule has 12 heteroatoms. The fourth-order valence-electron chi connectivity index (χ4n) is 4.30. The minimum absolute atomic E-state index is 0.113. The van der Waals surface area contributed by atoms with E-state index in [0.717, 1.165) is 51.4 Å². The number of rotatable bonds is 32. The molecule has 0 aliphatic carbocycles. The van der Waals surface area contributed by atoms with Crippen LogP contribution in [-0.4, -0.2) is 59.9 Å². The smallest absolute Gasteiger partial charge is 0.472 e. The number of hydrogen-bond acceptors (Lipinski definition) is 9. The Morgan fingerprint density at radius 3 is 1.72 bits per heavy atom. The standard InChI is InChI=1S/C35H62NO10P/c1-3-5-7-9-11-13-14-15-16-17-18-19-21-23-25-27-34(38)46-31(29-44-47(41,42)45-30-32(36)35(39)40)28-43-33(37)26-24-22-20-12-10-8-6-4-2/h11,13,15-16,18-19,31-32H,3-10,12,14,17,20-30,36H2,1-2H3,(H,39,40)(H,41,42)/b13-11+,16-15+,19-18+/t31-,32-/m0/s1. The van der Waals surface area contributed by atoms with Crippen LogP contribution in [0.15, 0.2) is 36.5 Å². The van der Waals surface area contributed by atoms with Crippen molar-refractivity contribution < 1.29 is 47.5 Å². The summed E-state index contributed by atoms with van der Waals surface area (Å²) in [6, 6.07) is -1.52. The molecule has 0 aromatic carbocycles. The maximum atomic E-state index is 12.5. The fraction of sp³-hybridized carbons (Fsp3) is 0.743. The molecular weight excluding hydrogens is 625 g/mol. The van der Waals surface area contributed by atoms with Crippen molar-refractivity contribution in [3.05, 3.63) is 36.5 Å². The molecular formula is C35H62NO10P. The molecule has 11 nitrogen and oxygen atoms in total. The van der Waals surface area contributed by atoms with E-state index in [-0.39, 0.29) is 19.4 Å².